The summed E-state index contributed by atoms with van der Waals surface area (Å²) in [6.45, 7) is 5.64. The summed E-state index contributed by atoms with van der Waals surface area (Å²) in [6.07, 6.45) is 7.02. The maximum absolute atomic E-state index is 12.5. The third-order valence-corrected chi connectivity index (χ3v) is 5.97. The zero-order chi connectivity index (χ0) is 15.0. The number of amides is 1. The molecule has 0 spiro atoms. The van der Waals surface area contributed by atoms with Crippen LogP contribution in [0.2, 0.25) is 0 Å². The lowest BCUT2D eigenvalue weighted by atomic mass is 9.65. The fourth-order valence-electron chi connectivity index (χ4n) is 3.89. The third-order valence-electron chi connectivity index (χ3n) is 5.97. The Morgan fingerprint density at radius 3 is 2.15 bits per heavy atom. The molecule has 0 aliphatic heterocycles. The molecule has 4 heteroatoms. The van der Waals surface area contributed by atoms with Crippen LogP contribution >= 0.6 is 0 Å². The van der Waals surface area contributed by atoms with Crippen molar-refractivity contribution >= 4 is 11.9 Å². The fourth-order valence-corrected chi connectivity index (χ4v) is 3.89. The van der Waals surface area contributed by atoms with E-state index < -0.39 is 16.8 Å². The quantitative estimate of drug-likeness (QED) is 0.835. The maximum atomic E-state index is 12.5. The molecule has 0 unspecified atom stereocenters. The number of carboxylic acids is 1. The molecule has 2 saturated carbocycles. The molecule has 1 amide bonds. The van der Waals surface area contributed by atoms with E-state index in [4.69, 9.17) is 0 Å². The lowest BCUT2D eigenvalue weighted by molar-refractivity contribution is -0.155. The van der Waals surface area contributed by atoms with Gasteiger partial charge < -0.3 is 10.4 Å². The number of carboxylic acid groups (broad SMARTS) is 1. The first-order valence-electron chi connectivity index (χ1n) is 7.83. The van der Waals surface area contributed by atoms with Crippen LogP contribution in [0, 0.1) is 16.7 Å². The van der Waals surface area contributed by atoms with Crippen molar-refractivity contribution in [1.82, 2.24) is 5.32 Å². The predicted octanol–water partition coefficient (Wildman–Crippen LogP) is 2.96. The number of nitrogens with one attached hydrogen (secondary N) is 1. The molecular weight excluding hydrogens is 254 g/mol. The van der Waals surface area contributed by atoms with E-state index in [1.807, 2.05) is 13.8 Å². The van der Waals surface area contributed by atoms with Gasteiger partial charge >= 0.3 is 5.97 Å². The van der Waals surface area contributed by atoms with Crippen LogP contribution < -0.4 is 5.32 Å². The van der Waals surface area contributed by atoms with Crippen LogP contribution in [-0.2, 0) is 9.59 Å². The number of carbonyl (C=O) groups excluding carboxylic acids is 1. The van der Waals surface area contributed by atoms with Gasteiger partial charge in [0, 0.05) is 12.0 Å². The molecular formula is C16H27NO3. The lowest BCUT2D eigenvalue weighted by Crippen LogP contribution is -2.47. The molecule has 0 radical (unpaired) electrons. The molecule has 4 nitrogen and oxygen atoms in total. The highest BCUT2D eigenvalue weighted by molar-refractivity contribution is 5.84. The van der Waals surface area contributed by atoms with Gasteiger partial charge in [-0.15, -0.1) is 0 Å². The number of rotatable bonds is 3. The Morgan fingerprint density at radius 1 is 1.05 bits per heavy atom. The number of hydrogen-bond acceptors (Lipinski definition) is 2. The van der Waals surface area contributed by atoms with E-state index >= 15 is 0 Å². The van der Waals surface area contributed by atoms with Crippen molar-refractivity contribution in [3.05, 3.63) is 0 Å². The van der Waals surface area contributed by atoms with Crippen LogP contribution in [0.25, 0.3) is 0 Å². The molecule has 2 rings (SSSR count). The summed E-state index contributed by atoms with van der Waals surface area (Å²) in [4.78, 5) is 24.1. The summed E-state index contributed by atoms with van der Waals surface area (Å²) in [5.74, 6) is -0.909. The van der Waals surface area contributed by atoms with Crippen molar-refractivity contribution < 1.29 is 14.7 Å². The van der Waals surface area contributed by atoms with Crippen LogP contribution in [0.5, 0.6) is 0 Å². The molecule has 2 N–H and O–H groups in total. The topological polar surface area (TPSA) is 66.4 Å². The largest absolute Gasteiger partial charge is 0.481 e. The first-order valence-corrected chi connectivity index (χ1v) is 7.83. The van der Waals surface area contributed by atoms with Gasteiger partial charge in [0.25, 0.3) is 0 Å². The average molecular weight is 281 g/mol. The van der Waals surface area contributed by atoms with Crippen molar-refractivity contribution in [2.45, 2.75) is 71.8 Å². The van der Waals surface area contributed by atoms with E-state index in [-0.39, 0.29) is 11.8 Å². The minimum atomic E-state index is -0.804. The Hall–Kier alpha value is -1.06. The Balaban J connectivity index is 2.05. The Morgan fingerprint density at radius 2 is 1.65 bits per heavy atom. The van der Waals surface area contributed by atoms with Gasteiger partial charge in [-0.2, -0.15) is 0 Å². The van der Waals surface area contributed by atoms with E-state index in [0.717, 1.165) is 12.8 Å². The summed E-state index contributed by atoms with van der Waals surface area (Å²) < 4.78 is 0. The SMILES string of the molecule is CC1(C)[C@@H](C(=O)NC2CCCCC2)CC[C@@]1(C)C(=O)O. The molecule has 2 atom stereocenters. The highest BCUT2D eigenvalue weighted by Gasteiger charge is 2.58. The van der Waals surface area contributed by atoms with Crippen molar-refractivity contribution in [2.75, 3.05) is 0 Å². The Kier molecular flexibility index (Phi) is 4.12. The molecule has 20 heavy (non-hydrogen) atoms. The van der Waals surface area contributed by atoms with Gasteiger partial charge in [0.15, 0.2) is 0 Å². The monoisotopic (exact) mass is 281 g/mol. The van der Waals surface area contributed by atoms with Gasteiger partial charge in [0.1, 0.15) is 0 Å². The summed E-state index contributed by atoms with van der Waals surface area (Å²) in [6, 6.07) is 0.295. The van der Waals surface area contributed by atoms with E-state index in [0.29, 0.717) is 18.9 Å². The van der Waals surface area contributed by atoms with Crippen molar-refractivity contribution in [3.63, 3.8) is 0 Å². The first kappa shape index (κ1) is 15.3. The number of aliphatic carboxylic acids is 1. The molecule has 2 aliphatic carbocycles. The van der Waals surface area contributed by atoms with E-state index in [1.165, 1.54) is 19.3 Å². The van der Waals surface area contributed by atoms with Gasteiger partial charge in [-0.05, 0) is 38.0 Å². The Bertz CT molecular complexity index is 399. The molecule has 0 bridgehead atoms. The van der Waals surface area contributed by atoms with Gasteiger partial charge in [0.05, 0.1) is 5.41 Å². The molecule has 0 aromatic rings. The summed E-state index contributed by atoms with van der Waals surface area (Å²) in [7, 11) is 0. The molecule has 0 aromatic carbocycles. The van der Waals surface area contributed by atoms with Crippen LogP contribution in [-0.4, -0.2) is 23.0 Å². The van der Waals surface area contributed by atoms with Crippen LogP contribution in [0.1, 0.15) is 65.7 Å². The lowest BCUT2D eigenvalue weighted by Gasteiger charge is -2.38. The van der Waals surface area contributed by atoms with Crippen molar-refractivity contribution in [1.29, 1.82) is 0 Å². The smallest absolute Gasteiger partial charge is 0.309 e. The molecule has 114 valence electrons. The van der Waals surface area contributed by atoms with Crippen LogP contribution in [0.4, 0.5) is 0 Å². The van der Waals surface area contributed by atoms with Gasteiger partial charge in [-0.3, -0.25) is 9.59 Å². The van der Waals surface area contributed by atoms with Gasteiger partial charge in [0.2, 0.25) is 5.91 Å². The molecule has 0 saturated heterocycles. The second-order valence-electron chi connectivity index (χ2n) is 7.29. The van der Waals surface area contributed by atoms with Gasteiger partial charge in [-0.25, -0.2) is 0 Å². The van der Waals surface area contributed by atoms with E-state index in [2.05, 4.69) is 5.32 Å². The Labute approximate surface area is 121 Å². The standard InChI is InChI=1S/C16H27NO3/c1-15(2)12(9-10-16(15,3)14(19)20)13(18)17-11-7-5-4-6-8-11/h11-12H,4-10H2,1-3H3,(H,17,18)(H,19,20)/t12-,16+/m1/s1. The van der Waals surface area contributed by atoms with Crippen LogP contribution in [0.15, 0.2) is 0 Å². The zero-order valence-corrected chi connectivity index (χ0v) is 12.9. The van der Waals surface area contributed by atoms with Gasteiger partial charge in [-0.1, -0.05) is 33.1 Å². The van der Waals surface area contributed by atoms with E-state index in [1.54, 1.807) is 6.92 Å². The molecule has 2 aliphatic rings. The average Bonchev–Trinajstić information content (AvgIpc) is 2.63. The van der Waals surface area contributed by atoms with Crippen LogP contribution in [0.3, 0.4) is 0 Å². The second kappa shape index (κ2) is 5.38. The summed E-state index contributed by atoms with van der Waals surface area (Å²) >= 11 is 0. The number of hydrogen-bond donors (Lipinski definition) is 2. The van der Waals surface area contributed by atoms with Crippen molar-refractivity contribution in [3.8, 4) is 0 Å². The third kappa shape index (κ3) is 2.45. The molecule has 2 fully saturated rings. The second-order valence-corrected chi connectivity index (χ2v) is 7.29. The maximum Gasteiger partial charge on any atom is 0.309 e. The fraction of sp³-hybridized carbons (Fsp3) is 0.875. The van der Waals surface area contributed by atoms with E-state index in [9.17, 15) is 14.7 Å². The summed E-state index contributed by atoms with van der Waals surface area (Å²) in [5.41, 5.74) is -1.31. The minimum Gasteiger partial charge on any atom is -0.481 e. The summed E-state index contributed by atoms with van der Waals surface area (Å²) in [5, 5.41) is 12.7. The molecule has 0 heterocycles. The first-order chi connectivity index (χ1) is 9.29. The highest BCUT2D eigenvalue weighted by atomic mass is 16.4. The normalized spacial score (nSPS) is 33.9. The molecule has 0 aromatic heterocycles. The zero-order valence-electron chi connectivity index (χ0n) is 12.9. The number of carbonyl (C=O) groups is 2. The highest BCUT2D eigenvalue weighted by Crippen LogP contribution is 2.56. The minimum absolute atomic E-state index is 0.0619. The van der Waals surface area contributed by atoms with Crippen molar-refractivity contribution in [2.24, 2.45) is 16.7 Å². The predicted molar refractivity (Wildman–Crippen MR) is 77.3 cm³/mol.